The number of aliphatic hydroxyl groups is 2. The third-order valence-corrected chi connectivity index (χ3v) is 9.18. The van der Waals surface area contributed by atoms with Crippen LogP contribution in [0, 0.1) is 34.5 Å². The minimum Gasteiger partial charge on any atom is -0.390 e. The first-order chi connectivity index (χ1) is 12.4. The molecule has 8 atom stereocenters. The largest absolute Gasteiger partial charge is 0.390 e. The van der Waals surface area contributed by atoms with Crippen molar-refractivity contribution >= 4 is 0 Å². The first-order valence-corrected chi connectivity index (χ1v) is 10.4. The summed E-state index contributed by atoms with van der Waals surface area (Å²) in [6, 6.07) is 0. The van der Waals surface area contributed by atoms with Gasteiger partial charge in [0, 0.05) is 5.69 Å². The Bertz CT molecular complexity index is 755. The Morgan fingerprint density at radius 2 is 1.96 bits per heavy atom. The second-order valence-electron chi connectivity index (χ2n) is 9.95. The van der Waals surface area contributed by atoms with E-state index in [2.05, 4.69) is 37.0 Å². The normalized spacial score (nSPS) is 51.5. The maximum atomic E-state index is 11.3. The van der Waals surface area contributed by atoms with Gasteiger partial charge < -0.3 is 10.2 Å². The van der Waals surface area contributed by atoms with Gasteiger partial charge in [-0.1, -0.05) is 25.5 Å². The number of nitrogens with one attached hydrogen (secondary N) is 1. The molecule has 1 aromatic heterocycles. The van der Waals surface area contributed by atoms with Gasteiger partial charge in [-0.15, -0.1) is 0 Å². The van der Waals surface area contributed by atoms with Crippen LogP contribution in [0.15, 0.2) is 17.8 Å². The second kappa shape index (κ2) is 5.45. The van der Waals surface area contributed by atoms with Gasteiger partial charge in [0.15, 0.2) is 0 Å². The lowest BCUT2D eigenvalue weighted by atomic mass is 9.43. The Morgan fingerprint density at radius 3 is 2.73 bits per heavy atom. The molecule has 26 heavy (non-hydrogen) atoms. The van der Waals surface area contributed by atoms with Crippen molar-refractivity contribution in [3.05, 3.63) is 29.1 Å². The van der Waals surface area contributed by atoms with Crippen LogP contribution in [0.1, 0.15) is 57.7 Å². The zero-order chi connectivity index (χ0) is 18.3. The van der Waals surface area contributed by atoms with Crippen LogP contribution in [-0.2, 0) is 12.8 Å². The third kappa shape index (κ3) is 1.95. The van der Waals surface area contributed by atoms with Crippen LogP contribution in [0.4, 0.5) is 0 Å². The average molecular weight is 357 g/mol. The molecule has 0 aliphatic heterocycles. The fourth-order valence-electron chi connectivity index (χ4n) is 7.81. The molecule has 0 unspecified atom stereocenters. The fourth-order valence-corrected chi connectivity index (χ4v) is 7.81. The number of aromatic nitrogens is 2. The molecule has 0 radical (unpaired) electrons. The Balaban J connectivity index is 1.58. The summed E-state index contributed by atoms with van der Waals surface area (Å²) in [5.41, 5.74) is 4.33. The molecule has 3 saturated carbocycles. The Morgan fingerprint density at radius 1 is 1.15 bits per heavy atom. The summed E-state index contributed by atoms with van der Waals surface area (Å²) in [5, 5.41) is 29.8. The summed E-state index contributed by atoms with van der Waals surface area (Å²) in [6.07, 6.45) is 9.58. The van der Waals surface area contributed by atoms with E-state index in [4.69, 9.17) is 0 Å². The Hall–Kier alpha value is -1.13. The van der Waals surface area contributed by atoms with E-state index in [9.17, 15) is 10.2 Å². The van der Waals surface area contributed by atoms with Crippen LogP contribution < -0.4 is 0 Å². The molecule has 142 valence electrons. The number of rotatable bonds is 0. The van der Waals surface area contributed by atoms with Crippen LogP contribution in [0.3, 0.4) is 0 Å². The van der Waals surface area contributed by atoms with Crippen molar-refractivity contribution < 1.29 is 10.2 Å². The first-order valence-electron chi connectivity index (χ1n) is 10.4. The van der Waals surface area contributed by atoms with E-state index >= 15 is 0 Å². The molecule has 0 saturated heterocycles. The number of allylic oxidation sites excluding steroid dienone is 2. The summed E-state index contributed by atoms with van der Waals surface area (Å²) >= 11 is 0. The van der Waals surface area contributed by atoms with Crippen LogP contribution in [0.5, 0.6) is 0 Å². The summed E-state index contributed by atoms with van der Waals surface area (Å²) < 4.78 is 0. The highest BCUT2D eigenvalue weighted by Gasteiger charge is 2.64. The zero-order valence-corrected chi connectivity index (χ0v) is 16.2. The van der Waals surface area contributed by atoms with Gasteiger partial charge in [0.05, 0.1) is 18.4 Å². The van der Waals surface area contributed by atoms with E-state index in [1.165, 1.54) is 24.8 Å². The molecule has 0 spiro atoms. The SMILES string of the molecule is C/C=C1\CC[C@H]2[C@@H]3[C@@H](O)[C@H](O)[C@H]4Cc5[nH]ncc5C[C@]4(C)[C@H]3CC[C@]12C. The fraction of sp³-hybridized carbons (Fsp3) is 0.773. The summed E-state index contributed by atoms with van der Waals surface area (Å²) in [5.74, 6) is 1.33. The van der Waals surface area contributed by atoms with Gasteiger partial charge in [0.25, 0.3) is 0 Å². The molecule has 0 aromatic carbocycles. The third-order valence-electron chi connectivity index (χ3n) is 9.18. The minimum atomic E-state index is -0.630. The molecular weight excluding hydrogens is 324 g/mol. The molecule has 4 heteroatoms. The first kappa shape index (κ1) is 17.0. The highest BCUT2D eigenvalue weighted by atomic mass is 16.3. The van der Waals surface area contributed by atoms with Crippen LogP contribution in [0.25, 0.3) is 0 Å². The van der Waals surface area contributed by atoms with E-state index in [1.54, 1.807) is 5.57 Å². The predicted octanol–water partition coefficient (Wildman–Crippen LogP) is 3.26. The molecule has 0 amide bonds. The highest BCUT2D eigenvalue weighted by molar-refractivity contribution is 5.29. The number of nitrogens with zero attached hydrogens (tertiary/aromatic N) is 1. The van der Waals surface area contributed by atoms with E-state index in [0.29, 0.717) is 11.8 Å². The number of H-pyrrole nitrogens is 1. The number of hydrogen-bond acceptors (Lipinski definition) is 3. The van der Waals surface area contributed by atoms with Crippen molar-refractivity contribution in [2.75, 3.05) is 0 Å². The van der Waals surface area contributed by atoms with E-state index in [1.807, 2.05) is 6.20 Å². The lowest BCUT2D eigenvalue weighted by Gasteiger charge is -2.62. The Kier molecular flexibility index (Phi) is 3.56. The molecule has 1 aromatic rings. The topological polar surface area (TPSA) is 69.1 Å². The molecule has 4 nitrogen and oxygen atoms in total. The number of aromatic amines is 1. The number of fused-ring (bicyclic) bond motifs is 6. The molecule has 3 fully saturated rings. The molecule has 3 N–H and O–H groups in total. The maximum absolute atomic E-state index is 11.3. The molecular formula is C22H32N2O2. The number of aliphatic hydroxyl groups excluding tert-OH is 2. The second-order valence-corrected chi connectivity index (χ2v) is 9.95. The standard InChI is InChI=1S/C22H32N2O2/c1-4-13-5-6-14-18-15(7-8-21(13,14)2)22(3)10-12-11-23-24-17(12)9-16(22)19(25)20(18)26/h4,11,14-16,18-20,25-26H,5-10H2,1-3H3,(H,23,24)/b13-4+/t14-,15-,16+,18-,19+,20+,21+,22+/m0/s1. The van der Waals surface area contributed by atoms with E-state index in [-0.39, 0.29) is 22.7 Å². The zero-order valence-electron chi connectivity index (χ0n) is 16.2. The van der Waals surface area contributed by atoms with Gasteiger partial charge >= 0.3 is 0 Å². The van der Waals surface area contributed by atoms with Gasteiger partial charge in [-0.05, 0) is 85.5 Å². The molecule has 4 aliphatic rings. The molecule has 4 aliphatic carbocycles. The summed E-state index contributed by atoms with van der Waals surface area (Å²) in [6.45, 7) is 6.97. The van der Waals surface area contributed by atoms with Crippen molar-refractivity contribution in [1.29, 1.82) is 0 Å². The Labute approximate surface area is 156 Å². The van der Waals surface area contributed by atoms with Crippen molar-refractivity contribution in [2.45, 2.75) is 71.5 Å². The van der Waals surface area contributed by atoms with E-state index in [0.717, 1.165) is 25.0 Å². The monoisotopic (exact) mass is 356 g/mol. The smallest absolute Gasteiger partial charge is 0.0839 e. The number of hydrogen-bond donors (Lipinski definition) is 3. The van der Waals surface area contributed by atoms with Gasteiger partial charge in [-0.3, -0.25) is 5.10 Å². The van der Waals surface area contributed by atoms with Crippen LogP contribution in [0.2, 0.25) is 0 Å². The minimum absolute atomic E-state index is 0.0558. The molecule has 1 heterocycles. The van der Waals surface area contributed by atoms with Gasteiger partial charge in [0.2, 0.25) is 0 Å². The quantitative estimate of drug-likeness (QED) is 0.625. The van der Waals surface area contributed by atoms with Crippen LogP contribution in [-0.4, -0.2) is 32.6 Å². The molecule has 5 rings (SSSR count). The van der Waals surface area contributed by atoms with E-state index < -0.39 is 12.2 Å². The highest BCUT2D eigenvalue weighted by Crippen LogP contribution is 2.66. The molecule has 0 bridgehead atoms. The van der Waals surface area contributed by atoms with Gasteiger partial charge in [0.1, 0.15) is 0 Å². The maximum Gasteiger partial charge on any atom is 0.0839 e. The van der Waals surface area contributed by atoms with Crippen molar-refractivity contribution in [3.8, 4) is 0 Å². The average Bonchev–Trinajstić information content (AvgIpc) is 3.20. The predicted molar refractivity (Wildman–Crippen MR) is 100 cm³/mol. The lowest BCUT2D eigenvalue weighted by molar-refractivity contribution is -0.201. The van der Waals surface area contributed by atoms with Gasteiger partial charge in [-0.2, -0.15) is 5.10 Å². The van der Waals surface area contributed by atoms with Crippen molar-refractivity contribution in [3.63, 3.8) is 0 Å². The summed E-state index contributed by atoms with van der Waals surface area (Å²) in [7, 11) is 0. The van der Waals surface area contributed by atoms with Crippen LogP contribution >= 0.6 is 0 Å². The van der Waals surface area contributed by atoms with Crippen molar-refractivity contribution in [1.82, 2.24) is 10.2 Å². The van der Waals surface area contributed by atoms with Crippen molar-refractivity contribution in [2.24, 2.45) is 34.5 Å². The summed E-state index contributed by atoms with van der Waals surface area (Å²) in [4.78, 5) is 0. The van der Waals surface area contributed by atoms with Gasteiger partial charge in [-0.25, -0.2) is 0 Å². The lowest BCUT2D eigenvalue weighted by Crippen LogP contribution is -2.64.